The van der Waals surface area contributed by atoms with Crippen LogP contribution in [0.25, 0.3) is 0 Å². The van der Waals surface area contributed by atoms with Crippen molar-refractivity contribution in [3.8, 4) is 5.75 Å². The van der Waals surface area contributed by atoms with Gasteiger partial charge in [-0.2, -0.15) is 0 Å². The molecule has 6 nitrogen and oxygen atoms in total. The zero-order valence-electron chi connectivity index (χ0n) is 6.55. The van der Waals surface area contributed by atoms with Crippen molar-refractivity contribution in [1.29, 1.82) is 0 Å². The molecule has 0 unspecified atom stereocenters. The minimum atomic E-state index is -4.18. The van der Waals surface area contributed by atoms with Crippen LogP contribution in [0, 0.1) is 10.1 Å². The first-order chi connectivity index (χ1) is 6.32. The molecule has 0 spiro atoms. The summed E-state index contributed by atoms with van der Waals surface area (Å²) in [4.78, 5) is 8.82. The molecule has 0 radical (unpaired) electrons. The Hall–Kier alpha value is -1.34. The number of phenols is 1. The SMILES string of the molecule is O=[N+]([O-])c1cc(O)ccc1S(=O)(=O)Cl. The molecule has 0 heterocycles. The highest BCUT2D eigenvalue weighted by atomic mass is 35.7. The van der Waals surface area contributed by atoms with Gasteiger partial charge < -0.3 is 5.11 Å². The summed E-state index contributed by atoms with van der Waals surface area (Å²) in [5.41, 5.74) is -0.750. The molecule has 0 bridgehead atoms. The first-order valence-electron chi connectivity index (χ1n) is 3.24. The number of benzene rings is 1. The number of rotatable bonds is 2. The normalized spacial score (nSPS) is 11.2. The highest BCUT2D eigenvalue weighted by Gasteiger charge is 2.24. The highest BCUT2D eigenvalue weighted by Crippen LogP contribution is 2.29. The van der Waals surface area contributed by atoms with Crippen molar-refractivity contribution in [1.82, 2.24) is 0 Å². The van der Waals surface area contributed by atoms with Gasteiger partial charge in [0.1, 0.15) is 5.75 Å². The van der Waals surface area contributed by atoms with Crippen LogP contribution in [0.2, 0.25) is 0 Å². The fourth-order valence-electron chi connectivity index (χ4n) is 0.855. The lowest BCUT2D eigenvalue weighted by Gasteiger charge is -1.98. The Bertz CT molecular complexity index is 483. The van der Waals surface area contributed by atoms with E-state index >= 15 is 0 Å². The lowest BCUT2D eigenvalue weighted by molar-refractivity contribution is -0.387. The van der Waals surface area contributed by atoms with Crippen LogP contribution >= 0.6 is 10.7 Å². The molecular formula is C6H4ClNO5S. The van der Waals surface area contributed by atoms with E-state index in [1.54, 1.807) is 0 Å². The standard InChI is InChI=1S/C6H4ClNO5S/c7-14(12,13)6-2-1-4(9)3-5(6)8(10)11/h1-3,9H. The van der Waals surface area contributed by atoms with E-state index in [1.165, 1.54) is 0 Å². The Labute approximate surface area is 83.3 Å². The van der Waals surface area contributed by atoms with Gasteiger partial charge in [0.05, 0.1) is 11.0 Å². The molecule has 14 heavy (non-hydrogen) atoms. The molecule has 0 saturated heterocycles. The first-order valence-corrected chi connectivity index (χ1v) is 5.55. The maximum atomic E-state index is 10.8. The van der Waals surface area contributed by atoms with E-state index in [9.17, 15) is 18.5 Å². The molecule has 8 heteroatoms. The third-order valence-corrected chi connectivity index (χ3v) is 2.77. The Balaban J connectivity index is 3.53. The molecule has 76 valence electrons. The number of nitro groups is 1. The van der Waals surface area contributed by atoms with Gasteiger partial charge in [0, 0.05) is 10.7 Å². The van der Waals surface area contributed by atoms with Crippen LogP contribution in [0.4, 0.5) is 5.69 Å². The third kappa shape index (κ3) is 2.12. The van der Waals surface area contributed by atoms with Gasteiger partial charge >= 0.3 is 0 Å². The van der Waals surface area contributed by atoms with Crippen molar-refractivity contribution in [3.05, 3.63) is 28.3 Å². The van der Waals surface area contributed by atoms with Crippen molar-refractivity contribution in [3.63, 3.8) is 0 Å². The van der Waals surface area contributed by atoms with Crippen molar-refractivity contribution in [2.24, 2.45) is 0 Å². The van der Waals surface area contributed by atoms with Crippen LogP contribution in [0.3, 0.4) is 0 Å². The second-order valence-corrected chi connectivity index (χ2v) is 4.88. The predicted molar refractivity (Wildman–Crippen MR) is 47.8 cm³/mol. The van der Waals surface area contributed by atoms with E-state index in [4.69, 9.17) is 15.8 Å². The summed E-state index contributed by atoms with van der Waals surface area (Å²) < 4.78 is 21.7. The summed E-state index contributed by atoms with van der Waals surface area (Å²) in [7, 11) is 0.770. The molecule has 0 aliphatic rings. The van der Waals surface area contributed by atoms with Crippen molar-refractivity contribution < 1.29 is 18.4 Å². The van der Waals surface area contributed by atoms with Gasteiger partial charge in [-0.3, -0.25) is 10.1 Å². The Morgan fingerprint density at radius 2 is 2.00 bits per heavy atom. The van der Waals surface area contributed by atoms with Crippen LogP contribution in [-0.4, -0.2) is 18.4 Å². The lowest BCUT2D eigenvalue weighted by atomic mass is 10.3. The zero-order valence-corrected chi connectivity index (χ0v) is 8.12. The van der Waals surface area contributed by atoms with Crippen LogP contribution in [-0.2, 0) is 9.05 Å². The van der Waals surface area contributed by atoms with Gasteiger partial charge in [0.15, 0.2) is 4.90 Å². The Morgan fingerprint density at radius 3 is 2.43 bits per heavy atom. The highest BCUT2D eigenvalue weighted by molar-refractivity contribution is 8.13. The average Bonchev–Trinajstić information content (AvgIpc) is 2.01. The fourth-order valence-corrected chi connectivity index (χ4v) is 1.86. The smallest absolute Gasteiger partial charge is 0.292 e. The van der Waals surface area contributed by atoms with Crippen LogP contribution in [0.5, 0.6) is 5.75 Å². The summed E-state index contributed by atoms with van der Waals surface area (Å²) in [6.45, 7) is 0. The minimum Gasteiger partial charge on any atom is -0.508 e. The number of nitro benzene ring substituents is 1. The molecule has 0 atom stereocenters. The number of hydrogen-bond donors (Lipinski definition) is 1. The van der Waals surface area contributed by atoms with Crippen molar-refractivity contribution in [2.75, 3.05) is 0 Å². The molecule has 0 fully saturated rings. The topological polar surface area (TPSA) is 97.5 Å². The molecule has 1 aromatic carbocycles. The molecule has 1 aromatic rings. The molecule has 0 saturated carbocycles. The summed E-state index contributed by atoms with van der Waals surface area (Å²) >= 11 is 0. The zero-order chi connectivity index (χ0) is 10.9. The van der Waals surface area contributed by atoms with Crippen molar-refractivity contribution in [2.45, 2.75) is 4.90 Å². The van der Waals surface area contributed by atoms with Gasteiger partial charge in [-0.15, -0.1) is 0 Å². The number of aromatic hydroxyl groups is 1. The first kappa shape index (κ1) is 10.7. The van der Waals surface area contributed by atoms with Gasteiger partial charge in [-0.1, -0.05) is 0 Å². The summed E-state index contributed by atoms with van der Waals surface area (Å²) in [6.07, 6.45) is 0. The summed E-state index contributed by atoms with van der Waals surface area (Å²) in [5.74, 6) is -0.402. The van der Waals surface area contributed by atoms with E-state index < -0.39 is 30.3 Å². The molecule has 0 aliphatic carbocycles. The number of hydrogen-bond acceptors (Lipinski definition) is 5. The number of nitrogens with zero attached hydrogens (tertiary/aromatic N) is 1. The molecule has 1 N–H and O–H groups in total. The van der Waals surface area contributed by atoms with Gasteiger partial charge in [-0.05, 0) is 12.1 Å². The lowest BCUT2D eigenvalue weighted by Crippen LogP contribution is -1.98. The van der Waals surface area contributed by atoms with Gasteiger partial charge in [0.2, 0.25) is 0 Å². The largest absolute Gasteiger partial charge is 0.508 e. The molecule has 0 aliphatic heterocycles. The van der Waals surface area contributed by atoms with E-state index in [0.29, 0.717) is 0 Å². The number of phenolic OH excluding ortho intramolecular Hbond substituents is 1. The van der Waals surface area contributed by atoms with Crippen LogP contribution in [0.15, 0.2) is 23.1 Å². The Morgan fingerprint density at radius 1 is 1.43 bits per heavy atom. The van der Waals surface area contributed by atoms with E-state index in [-0.39, 0.29) is 0 Å². The van der Waals surface area contributed by atoms with E-state index in [1.807, 2.05) is 0 Å². The monoisotopic (exact) mass is 237 g/mol. The van der Waals surface area contributed by atoms with Crippen LogP contribution < -0.4 is 0 Å². The number of halogens is 1. The van der Waals surface area contributed by atoms with Crippen molar-refractivity contribution >= 4 is 25.4 Å². The maximum absolute atomic E-state index is 10.8. The predicted octanol–water partition coefficient (Wildman–Crippen LogP) is 1.23. The second-order valence-electron chi connectivity index (χ2n) is 2.35. The second kappa shape index (κ2) is 3.43. The van der Waals surface area contributed by atoms with E-state index in [0.717, 1.165) is 18.2 Å². The average molecular weight is 238 g/mol. The molecule has 1 rings (SSSR count). The minimum absolute atomic E-state index is 0.402. The van der Waals surface area contributed by atoms with Gasteiger partial charge in [-0.25, -0.2) is 8.42 Å². The summed E-state index contributed by atoms with van der Waals surface area (Å²) in [5, 5.41) is 19.3. The molecule has 0 aromatic heterocycles. The van der Waals surface area contributed by atoms with Crippen LogP contribution in [0.1, 0.15) is 0 Å². The Kier molecular flexibility index (Phi) is 2.63. The fraction of sp³-hybridized carbons (Fsp3) is 0. The molecule has 0 amide bonds. The van der Waals surface area contributed by atoms with E-state index in [2.05, 4.69) is 0 Å². The third-order valence-electron chi connectivity index (χ3n) is 1.40. The maximum Gasteiger partial charge on any atom is 0.292 e. The quantitative estimate of drug-likeness (QED) is 0.474. The molecular weight excluding hydrogens is 234 g/mol. The summed E-state index contributed by atoms with van der Waals surface area (Å²) in [6, 6.07) is 2.59. The van der Waals surface area contributed by atoms with Gasteiger partial charge in [0.25, 0.3) is 14.7 Å².